The fourth-order valence-electron chi connectivity index (χ4n) is 6.70. The van der Waals surface area contributed by atoms with Crippen molar-refractivity contribution in [1.82, 2.24) is 4.90 Å². The highest BCUT2D eigenvalue weighted by Gasteiger charge is 2.73. The lowest BCUT2D eigenvalue weighted by molar-refractivity contribution is -0.196. The minimum Gasteiger partial charge on any atom is -0.505 e. The summed E-state index contributed by atoms with van der Waals surface area (Å²) in [4.78, 5) is 80.2. The lowest BCUT2D eigenvalue weighted by Gasteiger charge is -2.56. The topological polar surface area (TPSA) is 204 Å². The first-order chi connectivity index (χ1) is 18.5. The van der Waals surface area contributed by atoms with E-state index in [4.69, 9.17) is 17.3 Å². The number of phenols is 1. The molecule has 2 unspecified atom stereocenters. The second kappa shape index (κ2) is 10.0. The third-order valence-corrected chi connectivity index (χ3v) is 8.72. The third kappa shape index (κ3) is 4.08. The lowest BCUT2D eigenvalue weighted by Crippen LogP contribution is -2.77. The van der Waals surface area contributed by atoms with Crippen molar-refractivity contribution in [2.45, 2.75) is 50.9 Å². The minimum absolute atomic E-state index is 0.0221. The molecule has 13 heteroatoms. The predicted octanol–water partition coefficient (Wildman–Crippen LogP) is 0.0368. The largest absolute Gasteiger partial charge is 0.505 e. The van der Waals surface area contributed by atoms with E-state index >= 15 is 0 Å². The van der Waals surface area contributed by atoms with Gasteiger partial charge in [0.2, 0.25) is 11.8 Å². The Kier molecular flexibility index (Phi) is 7.46. The van der Waals surface area contributed by atoms with Crippen molar-refractivity contribution in [3.63, 3.8) is 0 Å². The number of nitrogens with zero attached hydrogens (tertiary/aromatic N) is 1. The number of aliphatic hydroxyl groups excluding tert-OH is 1. The number of primary amides is 1. The van der Waals surface area contributed by atoms with Gasteiger partial charge >= 0.3 is 0 Å². The second-order valence-electron chi connectivity index (χ2n) is 11.6. The van der Waals surface area contributed by atoms with Gasteiger partial charge in [-0.25, -0.2) is 0 Å². The molecule has 0 aromatic heterocycles. The van der Waals surface area contributed by atoms with E-state index < -0.39 is 88.0 Å². The number of phenolic OH excluding ortho intramolecular Hbond substituents is 1. The average Bonchev–Trinajstić information content (AvgIpc) is 2.83. The molecule has 6 N–H and O–H groups in total. The number of nitrogens with one attached hydrogen (secondary N) is 1. The summed E-state index contributed by atoms with van der Waals surface area (Å²) in [6.45, 7) is 5.18. The van der Waals surface area contributed by atoms with Gasteiger partial charge in [-0.2, -0.15) is 0 Å². The third-order valence-electron chi connectivity index (χ3n) is 8.42. The number of rotatable bonds is 5. The maximum atomic E-state index is 14.0. The van der Waals surface area contributed by atoms with Crippen molar-refractivity contribution in [3.05, 3.63) is 22.2 Å². The van der Waals surface area contributed by atoms with Crippen molar-refractivity contribution in [1.29, 1.82) is 0 Å². The van der Waals surface area contributed by atoms with Crippen LogP contribution in [0.25, 0.3) is 0 Å². The van der Waals surface area contributed by atoms with Gasteiger partial charge in [0, 0.05) is 12.3 Å². The number of benzene rings is 1. The number of Topliss-reactive ketones (excluding diaryl/α,β-unsaturated/α-hetero) is 4. The van der Waals surface area contributed by atoms with Crippen LogP contribution in [0.2, 0.25) is 5.02 Å². The molecule has 4 rings (SSSR count). The van der Waals surface area contributed by atoms with Crippen molar-refractivity contribution in [2.24, 2.45) is 35.3 Å². The summed E-state index contributed by atoms with van der Waals surface area (Å²) in [5.41, 5.74) is 1.80. The summed E-state index contributed by atoms with van der Waals surface area (Å²) in [7, 11) is 2.83. The van der Waals surface area contributed by atoms with E-state index in [0.717, 1.165) is 0 Å². The molecule has 2 fully saturated rings. The molecule has 0 radical (unpaired) electrons. The number of hydrogen-bond acceptors (Lipinski definition) is 10. The number of ketones is 4. The van der Waals surface area contributed by atoms with Gasteiger partial charge in [-0.1, -0.05) is 32.4 Å². The fourth-order valence-corrected chi connectivity index (χ4v) is 6.95. The molecule has 0 aliphatic heterocycles. The number of halogens is 1. The van der Waals surface area contributed by atoms with Crippen LogP contribution in [-0.4, -0.2) is 87.0 Å². The molecule has 3 aliphatic carbocycles. The molecule has 0 bridgehead atoms. The highest BCUT2D eigenvalue weighted by atomic mass is 35.5. The first kappa shape index (κ1) is 29.8. The van der Waals surface area contributed by atoms with E-state index in [0.29, 0.717) is 0 Å². The zero-order valence-corrected chi connectivity index (χ0v) is 23.4. The molecule has 2 amide bonds. The monoisotopic (exact) mass is 577 g/mol. The molecule has 2 saturated carbocycles. The normalized spacial score (nSPS) is 33.5. The molecule has 0 saturated heterocycles. The van der Waals surface area contributed by atoms with Crippen LogP contribution in [-0.2, 0) is 24.0 Å². The van der Waals surface area contributed by atoms with Gasteiger partial charge in [0.1, 0.15) is 5.69 Å². The molecule has 1 aromatic rings. The van der Waals surface area contributed by atoms with E-state index in [2.05, 4.69) is 5.32 Å². The number of aromatic hydroxyl groups is 1. The second-order valence-corrected chi connectivity index (χ2v) is 12.0. The number of amides is 2. The molecular weight excluding hydrogens is 546 g/mol. The Hall–Kier alpha value is -3.19. The number of likely N-dealkylation sites (N-methyl/N-ethyl adjacent to an activating group) is 1. The number of aliphatic hydroxyl groups is 2. The fraction of sp³-hybridized carbons (Fsp3) is 0.556. The Morgan fingerprint density at radius 1 is 1.18 bits per heavy atom. The molecule has 3 aliphatic rings. The zero-order valence-electron chi connectivity index (χ0n) is 22.6. The minimum atomic E-state index is -3.09. The van der Waals surface area contributed by atoms with E-state index in [1.165, 1.54) is 25.1 Å². The molecule has 0 heterocycles. The SMILES string of the molecule is CC(C)CC(=O)Nc1c(Cl)cc2c(c1O)C(=O)C1C(=O)[C@@]3(O)C(=O)C(C(N)=O)C(=O)[C@H](N(C)C)[C@H]3[C@H](O)[C@H]1[C@@H]2C. The molecular formula is C27H32ClN3O9. The number of nitrogens with two attached hydrogens (primary N) is 1. The Balaban J connectivity index is 1.90. The Bertz CT molecular complexity index is 1360. The van der Waals surface area contributed by atoms with Crippen LogP contribution in [0.5, 0.6) is 5.75 Å². The molecule has 0 spiro atoms. The Morgan fingerprint density at radius 3 is 2.30 bits per heavy atom. The van der Waals surface area contributed by atoms with Gasteiger partial charge in [0.05, 0.1) is 34.6 Å². The van der Waals surface area contributed by atoms with E-state index in [9.17, 15) is 44.1 Å². The van der Waals surface area contributed by atoms with Crippen LogP contribution >= 0.6 is 11.6 Å². The van der Waals surface area contributed by atoms with Crippen molar-refractivity contribution in [3.8, 4) is 5.75 Å². The zero-order chi connectivity index (χ0) is 30.2. The molecule has 8 atom stereocenters. The predicted molar refractivity (Wildman–Crippen MR) is 141 cm³/mol. The van der Waals surface area contributed by atoms with E-state index in [1.807, 2.05) is 0 Å². The smallest absolute Gasteiger partial charge is 0.235 e. The van der Waals surface area contributed by atoms with Crippen molar-refractivity contribution in [2.75, 3.05) is 19.4 Å². The summed E-state index contributed by atoms with van der Waals surface area (Å²) in [5, 5.41) is 36.8. The highest BCUT2D eigenvalue weighted by molar-refractivity contribution is 6.35. The van der Waals surface area contributed by atoms with Crippen molar-refractivity contribution >= 4 is 52.2 Å². The first-order valence-electron chi connectivity index (χ1n) is 12.9. The maximum absolute atomic E-state index is 14.0. The number of carbonyl (C=O) groups is 6. The van der Waals surface area contributed by atoms with Gasteiger partial charge in [0.15, 0.2) is 40.4 Å². The maximum Gasteiger partial charge on any atom is 0.235 e. The van der Waals surface area contributed by atoms with Crippen molar-refractivity contribution < 1.29 is 44.1 Å². The number of anilines is 1. The van der Waals surface area contributed by atoms with Crippen LogP contribution in [0.4, 0.5) is 5.69 Å². The van der Waals surface area contributed by atoms with E-state index in [1.54, 1.807) is 20.8 Å². The van der Waals surface area contributed by atoms with Crippen LogP contribution in [0.1, 0.15) is 49.0 Å². The summed E-state index contributed by atoms with van der Waals surface area (Å²) >= 11 is 6.39. The summed E-state index contributed by atoms with van der Waals surface area (Å²) in [6, 6.07) is -0.110. The number of carbonyl (C=O) groups excluding carboxylic acids is 6. The summed E-state index contributed by atoms with van der Waals surface area (Å²) in [5.74, 6) is -15.1. The first-order valence-corrected chi connectivity index (χ1v) is 13.2. The summed E-state index contributed by atoms with van der Waals surface area (Å²) < 4.78 is 0. The Labute approximate surface area is 234 Å². The highest BCUT2D eigenvalue weighted by Crippen LogP contribution is 2.55. The van der Waals surface area contributed by atoms with Gasteiger partial charge in [-0.3, -0.25) is 33.7 Å². The average molecular weight is 578 g/mol. The molecule has 216 valence electrons. The van der Waals surface area contributed by atoms with Crippen LogP contribution in [0.15, 0.2) is 6.07 Å². The van der Waals surface area contributed by atoms with Crippen LogP contribution in [0, 0.1) is 29.6 Å². The van der Waals surface area contributed by atoms with Crippen LogP contribution in [0.3, 0.4) is 0 Å². The summed E-state index contributed by atoms with van der Waals surface area (Å²) in [6.07, 6.45) is -1.66. The number of hydrogen-bond donors (Lipinski definition) is 5. The van der Waals surface area contributed by atoms with Gasteiger partial charge in [-0.05, 0) is 37.6 Å². The quantitative estimate of drug-likeness (QED) is 0.234. The molecule has 40 heavy (non-hydrogen) atoms. The molecule has 12 nitrogen and oxygen atoms in total. The van der Waals surface area contributed by atoms with Gasteiger partial charge in [0.25, 0.3) is 0 Å². The molecule has 1 aromatic carbocycles. The Morgan fingerprint density at radius 2 is 1.77 bits per heavy atom. The van der Waals surface area contributed by atoms with E-state index in [-0.39, 0.29) is 34.2 Å². The standard InChI is InChI=1S/C27H32ClN3O9/c1-8(2)6-12(32)30-18-11(28)7-10-9(3)13-15(20(33)14(10)22(18)35)24(37)27(40)17(21(13)34)19(31(4)5)23(36)16(25(27)38)26(29)39/h7-9,13,15-17,19,21,34-35,40H,6H2,1-5H3,(H2,29,39)(H,30,32)/t9-,13+,15?,16?,17+,19-,21-,27-/m1/s1. The van der Waals surface area contributed by atoms with Crippen LogP contribution < -0.4 is 11.1 Å². The lowest BCUT2D eigenvalue weighted by atomic mass is 9.49. The van der Waals surface area contributed by atoms with Gasteiger partial charge in [-0.15, -0.1) is 0 Å². The number of fused-ring (bicyclic) bond motifs is 3. The van der Waals surface area contributed by atoms with Gasteiger partial charge < -0.3 is 26.4 Å².